The average molecular weight is 640 g/mol. The minimum absolute atomic E-state index is 0.0463. The van der Waals surface area contributed by atoms with E-state index < -0.39 is 34.6 Å². The number of thioether (sulfide) groups is 1. The summed E-state index contributed by atoms with van der Waals surface area (Å²) in [5.41, 5.74) is 1.38. The van der Waals surface area contributed by atoms with Crippen LogP contribution in [0.1, 0.15) is 32.3 Å². The van der Waals surface area contributed by atoms with Crippen molar-refractivity contribution in [1.82, 2.24) is 4.90 Å². The van der Waals surface area contributed by atoms with Crippen molar-refractivity contribution in [3.05, 3.63) is 54.1 Å². The first-order chi connectivity index (χ1) is 18.6. The highest BCUT2D eigenvalue weighted by atomic mass is 79.9. The van der Waals surface area contributed by atoms with Gasteiger partial charge >= 0.3 is 5.97 Å². The molecule has 3 saturated heterocycles. The highest BCUT2D eigenvalue weighted by Crippen LogP contribution is 2.68. The lowest BCUT2D eigenvalue weighted by Gasteiger charge is -2.41. The van der Waals surface area contributed by atoms with E-state index in [2.05, 4.69) is 29.1 Å². The summed E-state index contributed by atoms with van der Waals surface area (Å²) in [5.74, 6) is -2.57. The minimum atomic E-state index is -0.913. The van der Waals surface area contributed by atoms with Gasteiger partial charge < -0.3 is 19.6 Å². The summed E-state index contributed by atoms with van der Waals surface area (Å²) in [7, 11) is 0. The van der Waals surface area contributed by atoms with E-state index in [1.165, 1.54) is 17.8 Å². The molecule has 0 aromatic heterocycles. The van der Waals surface area contributed by atoms with Crippen molar-refractivity contribution in [2.45, 2.75) is 60.5 Å². The van der Waals surface area contributed by atoms with Crippen LogP contribution in [0.3, 0.4) is 0 Å². The monoisotopic (exact) mass is 638 g/mol. The van der Waals surface area contributed by atoms with Gasteiger partial charge in [0.05, 0.1) is 39.9 Å². The van der Waals surface area contributed by atoms with Crippen LogP contribution in [0.2, 0.25) is 5.02 Å². The lowest BCUT2D eigenvalue weighted by atomic mass is 9.71. The Morgan fingerprint density at radius 3 is 2.69 bits per heavy atom. The Morgan fingerprint density at radius 1 is 1.38 bits per heavy atom. The lowest BCUT2D eigenvalue weighted by molar-refractivity contribution is -0.153. The number of ether oxygens (including phenoxy) is 1. The number of halogens is 2. The first kappa shape index (κ1) is 30.2. The van der Waals surface area contributed by atoms with Gasteiger partial charge in [0.25, 0.3) is 5.91 Å². The van der Waals surface area contributed by atoms with E-state index in [1.807, 2.05) is 32.9 Å². The number of hydrogen-bond donors (Lipinski definition) is 1. The van der Waals surface area contributed by atoms with Gasteiger partial charge in [0.2, 0.25) is 5.91 Å². The van der Waals surface area contributed by atoms with Crippen molar-refractivity contribution in [1.29, 1.82) is 0 Å². The smallest absolute Gasteiger partial charge is 0.311 e. The van der Waals surface area contributed by atoms with Gasteiger partial charge in [-0.05, 0) is 30.9 Å². The van der Waals surface area contributed by atoms with E-state index in [4.69, 9.17) is 16.3 Å². The van der Waals surface area contributed by atoms with E-state index in [1.54, 1.807) is 21.9 Å². The number of aryl methyl sites for hydroxylation is 1. The number of nitrogens with zero attached hydrogens (tertiary/aromatic N) is 2. The standard InChI is InChI=1S/C29H36BrClN2O5S/c1-6-12-32(23-17(5)10-9-11-19(23)31)27(36)25-29-14-18(30)24(39-29)21(28(37)38-13-7-2)22(29)26(35)33(25)20(15-34)16(4)8-3/h6-7,9-11,16,18,20-22,24-25,34H,1-2,8,12-15H2,3-5H3/t16-,18?,20-,21-,22-,24-,25?,29?/m0/s1. The van der Waals surface area contributed by atoms with E-state index >= 15 is 0 Å². The number of esters is 1. The molecule has 2 bridgehead atoms. The van der Waals surface area contributed by atoms with Gasteiger partial charge in [0.15, 0.2) is 0 Å². The average Bonchev–Trinajstić information content (AvgIpc) is 3.50. The van der Waals surface area contributed by atoms with Crippen LogP contribution in [0.4, 0.5) is 5.69 Å². The zero-order valence-electron chi connectivity index (χ0n) is 22.5. The van der Waals surface area contributed by atoms with Crippen molar-refractivity contribution in [2.75, 3.05) is 24.7 Å². The Labute approximate surface area is 248 Å². The molecule has 1 aromatic carbocycles. The maximum absolute atomic E-state index is 14.8. The van der Waals surface area contributed by atoms with Gasteiger partial charge in [0.1, 0.15) is 12.6 Å². The lowest BCUT2D eigenvalue weighted by Crippen LogP contribution is -2.59. The third kappa shape index (κ3) is 4.87. The van der Waals surface area contributed by atoms with Crippen LogP contribution in [-0.2, 0) is 19.1 Å². The quantitative estimate of drug-likeness (QED) is 0.213. The third-order valence-corrected chi connectivity index (χ3v) is 12.0. The number of para-hydroxylation sites is 1. The number of aliphatic hydroxyl groups is 1. The minimum Gasteiger partial charge on any atom is -0.461 e. The van der Waals surface area contributed by atoms with Crippen LogP contribution in [0.25, 0.3) is 0 Å². The fourth-order valence-electron chi connectivity index (χ4n) is 6.56. The molecule has 212 valence electrons. The number of likely N-dealkylation sites (tertiary alicyclic amines) is 1. The molecule has 0 aliphatic carbocycles. The first-order valence-corrected chi connectivity index (χ1v) is 15.5. The van der Waals surface area contributed by atoms with Crippen LogP contribution < -0.4 is 4.90 Å². The predicted molar refractivity (Wildman–Crippen MR) is 159 cm³/mol. The fourth-order valence-corrected chi connectivity index (χ4v) is 10.5. The highest BCUT2D eigenvalue weighted by molar-refractivity contribution is 9.09. The molecule has 3 unspecified atom stereocenters. The number of hydrogen-bond acceptors (Lipinski definition) is 6. The molecule has 0 saturated carbocycles. The van der Waals surface area contributed by atoms with Crippen LogP contribution in [-0.4, -0.2) is 74.5 Å². The molecular formula is C29H36BrClN2O5S. The summed E-state index contributed by atoms with van der Waals surface area (Å²) in [6.07, 6.45) is 4.36. The molecule has 2 amide bonds. The molecule has 8 atom stereocenters. The Kier molecular flexibility index (Phi) is 9.25. The van der Waals surface area contributed by atoms with Gasteiger partial charge in [-0.2, -0.15) is 0 Å². The number of rotatable bonds is 11. The molecule has 3 heterocycles. The second kappa shape index (κ2) is 12.0. The molecule has 1 aromatic rings. The molecular weight excluding hydrogens is 604 g/mol. The Bertz CT molecular complexity index is 1150. The number of aliphatic hydroxyl groups excluding tert-OH is 1. The summed E-state index contributed by atoms with van der Waals surface area (Å²) in [5, 5.41) is 10.7. The number of benzene rings is 1. The van der Waals surface area contributed by atoms with Crippen molar-refractivity contribution < 1.29 is 24.2 Å². The third-order valence-electron chi connectivity index (χ3n) is 8.46. The summed E-state index contributed by atoms with van der Waals surface area (Å²) in [6, 6.07) is 3.94. The van der Waals surface area contributed by atoms with Gasteiger partial charge in [-0.15, -0.1) is 18.3 Å². The predicted octanol–water partition coefficient (Wildman–Crippen LogP) is 4.77. The molecule has 1 spiro atoms. The molecule has 3 aliphatic heterocycles. The summed E-state index contributed by atoms with van der Waals surface area (Å²) in [6.45, 7) is 13.3. The molecule has 3 fully saturated rings. The second-order valence-corrected chi connectivity index (χ2v) is 13.7. The molecule has 4 rings (SSSR count). The molecule has 3 aliphatic rings. The van der Waals surface area contributed by atoms with E-state index in [0.29, 0.717) is 23.6 Å². The van der Waals surface area contributed by atoms with Gasteiger partial charge in [0, 0.05) is 16.6 Å². The zero-order valence-corrected chi connectivity index (χ0v) is 25.7. The van der Waals surface area contributed by atoms with Crippen LogP contribution in [0.5, 0.6) is 0 Å². The van der Waals surface area contributed by atoms with E-state index in [9.17, 15) is 19.5 Å². The number of anilines is 1. The topological polar surface area (TPSA) is 87.1 Å². The van der Waals surface area contributed by atoms with Gasteiger partial charge in [-0.3, -0.25) is 14.4 Å². The van der Waals surface area contributed by atoms with Crippen molar-refractivity contribution in [2.24, 2.45) is 17.8 Å². The van der Waals surface area contributed by atoms with Crippen molar-refractivity contribution in [3.8, 4) is 0 Å². The van der Waals surface area contributed by atoms with Crippen molar-refractivity contribution >= 4 is 62.8 Å². The second-order valence-electron chi connectivity index (χ2n) is 10.6. The number of carbonyl (C=O) groups is 3. The van der Waals surface area contributed by atoms with Crippen LogP contribution in [0, 0.1) is 24.7 Å². The van der Waals surface area contributed by atoms with Crippen molar-refractivity contribution in [3.63, 3.8) is 0 Å². The highest BCUT2D eigenvalue weighted by Gasteiger charge is 2.77. The van der Waals surface area contributed by atoms with Gasteiger partial charge in [-0.1, -0.05) is 78.7 Å². The Morgan fingerprint density at radius 2 is 2.10 bits per heavy atom. The summed E-state index contributed by atoms with van der Waals surface area (Å²) < 4.78 is 4.59. The maximum Gasteiger partial charge on any atom is 0.311 e. The molecule has 7 nitrogen and oxygen atoms in total. The number of fused-ring (bicyclic) bond motifs is 1. The van der Waals surface area contributed by atoms with E-state index in [0.717, 1.165) is 5.56 Å². The SMILES string of the molecule is C=CCOC(=O)[C@H]1[C@H]2C(=O)N([C@@H](CO)[C@@H](C)CC)C(C(=O)N(CC=C)c3c(C)cccc3Cl)C23CC(Br)[C@@H]1S3. The van der Waals surface area contributed by atoms with E-state index in [-0.39, 0.29) is 47.6 Å². The largest absolute Gasteiger partial charge is 0.461 e. The molecule has 1 N–H and O–H groups in total. The van der Waals surface area contributed by atoms with Crippen LogP contribution in [0.15, 0.2) is 43.5 Å². The zero-order chi connectivity index (χ0) is 28.6. The maximum atomic E-state index is 14.8. The summed E-state index contributed by atoms with van der Waals surface area (Å²) >= 11 is 11.9. The summed E-state index contributed by atoms with van der Waals surface area (Å²) in [4.78, 5) is 45.6. The van der Waals surface area contributed by atoms with Crippen LogP contribution >= 0.6 is 39.3 Å². The number of carbonyl (C=O) groups excluding carboxylic acids is 3. The number of amides is 2. The van der Waals surface area contributed by atoms with Gasteiger partial charge in [-0.25, -0.2) is 0 Å². The molecule has 10 heteroatoms. The fraction of sp³-hybridized carbons (Fsp3) is 0.552. The molecule has 39 heavy (non-hydrogen) atoms. The number of alkyl halides is 1. The normalized spacial score (nSPS) is 30.6. The first-order valence-electron chi connectivity index (χ1n) is 13.3. The Hall–Kier alpha value is -1.81. The molecule has 0 radical (unpaired) electrons. The Balaban J connectivity index is 1.89.